The van der Waals surface area contributed by atoms with Crippen LogP contribution in [0.15, 0.2) is 6.20 Å². The maximum absolute atomic E-state index is 12.6. The fourth-order valence-electron chi connectivity index (χ4n) is 2.60. The van der Waals surface area contributed by atoms with E-state index in [1.807, 2.05) is 20.2 Å². The first kappa shape index (κ1) is 14.0. The molecule has 0 spiro atoms. The van der Waals surface area contributed by atoms with Crippen LogP contribution < -0.4 is 10.6 Å². The minimum atomic E-state index is -0.428. The summed E-state index contributed by atoms with van der Waals surface area (Å²) < 4.78 is 6.97. The number of hydrogen-bond acceptors (Lipinski definition) is 4. The van der Waals surface area contributed by atoms with Crippen LogP contribution in [0.1, 0.15) is 18.5 Å². The first-order valence-corrected chi connectivity index (χ1v) is 6.59. The molecule has 2 N–H and O–H groups in total. The predicted molar refractivity (Wildman–Crippen MR) is 73.0 cm³/mol. The highest BCUT2D eigenvalue weighted by atomic mass is 16.5. The molecule has 1 aromatic rings. The molecule has 6 nitrogen and oxygen atoms in total. The lowest BCUT2D eigenvalue weighted by Gasteiger charge is -2.35. The van der Waals surface area contributed by atoms with Crippen molar-refractivity contribution in [2.75, 3.05) is 32.1 Å². The Morgan fingerprint density at radius 1 is 1.58 bits per heavy atom. The number of carbonyl (C=O) groups excluding carboxylic acids is 1. The minimum Gasteiger partial charge on any atom is -0.384 e. The van der Waals surface area contributed by atoms with E-state index in [0.29, 0.717) is 6.61 Å². The van der Waals surface area contributed by atoms with Gasteiger partial charge in [-0.15, -0.1) is 0 Å². The summed E-state index contributed by atoms with van der Waals surface area (Å²) in [4.78, 5) is 12.6. The first-order valence-electron chi connectivity index (χ1n) is 6.59. The zero-order chi connectivity index (χ0) is 13.9. The number of aryl methyl sites for hydroxylation is 2. The zero-order valence-electron chi connectivity index (χ0n) is 11.8. The lowest BCUT2D eigenvalue weighted by molar-refractivity contribution is -0.130. The van der Waals surface area contributed by atoms with Crippen LogP contribution in [-0.2, 0) is 16.6 Å². The van der Waals surface area contributed by atoms with E-state index in [4.69, 9.17) is 4.74 Å². The molecule has 0 bridgehead atoms. The number of carbonyl (C=O) groups is 1. The van der Waals surface area contributed by atoms with Gasteiger partial charge in [0.05, 0.1) is 23.4 Å². The maximum atomic E-state index is 12.6. The first-order chi connectivity index (χ1) is 9.07. The molecule has 106 valence electrons. The molecule has 0 aliphatic carbocycles. The van der Waals surface area contributed by atoms with Crippen LogP contribution in [-0.4, -0.2) is 42.5 Å². The second-order valence-electron chi connectivity index (χ2n) is 5.22. The third kappa shape index (κ3) is 2.96. The van der Waals surface area contributed by atoms with Gasteiger partial charge in [-0.2, -0.15) is 5.10 Å². The molecule has 0 aromatic carbocycles. The molecule has 0 saturated carbocycles. The standard InChI is InChI=1S/C13H22N4O2/c1-10-11(8-17(2)16-10)15-12(18)13(9-19-3)4-6-14-7-5-13/h8,14H,4-7,9H2,1-3H3,(H,15,18). The van der Waals surface area contributed by atoms with E-state index in [-0.39, 0.29) is 5.91 Å². The SMILES string of the molecule is COCC1(C(=O)Nc2cn(C)nc2C)CCNCC1. The van der Waals surface area contributed by atoms with Crippen molar-refractivity contribution in [3.63, 3.8) is 0 Å². The average molecular weight is 266 g/mol. The number of methoxy groups -OCH3 is 1. The molecule has 2 rings (SSSR count). The second kappa shape index (κ2) is 5.71. The molecule has 0 radical (unpaired) electrons. The molecule has 6 heteroatoms. The van der Waals surface area contributed by atoms with Crippen molar-refractivity contribution in [2.45, 2.75) is 19.8 Å². The monoisotopic (exact) mass is 266 g/mol. The van der Waals surface area contributed by atoms with Gasteiger partial charge < -0.3 is 15.4 Å². The van der Waals surface area contributed by atoms with Crippen molar-refractivity contribution in [2.24, 2.45) is 12.5 Å². The normalized spacial score (nSPS) is 18.3. The van der Waals surface area contributed by atoms with Crippen LogP contribution in [0.5, 0.6) is 0 Å². The number of piperidine rings is 1. The van der Waals surface area contributed by atoms with Crippen molar-refractivity contribution >= 4 is 11.6 Å². The second-order valence-corrected chi connectivity index (χ2v) is 5.22. The summed E-state index contributed by atoms with van der Waals surface area (Å²) in [7, 11) is 3.49. The largest absolute Gasteiger partial charge is 0.384 e. The Labute approximate surface area is 113 Å². The number of hydrogen-bond donors (Lipinski definition) is 2. The molecule has 19 heavy (non-hydrogen) atoms. The Hall–Kier alpha value is -1.40. The lowest BCUT2D eigenvalue weighted by Crippen LogP contribution is -2.47. The predicted octanol–water partition coefficient (Wildman–Crippen LogP) is 0.683. The molecular formula is C13H22N4O2. The Bertz CT molecular complexity index is 444. The van der Waals surface area contributed by atoms with Crippen LogP contribution in [0, 0.1) is 12.3 Å². The molecule has 1 saturated heterocycles. The fourth-order valence-corrected chi connectivity index (χ4v) is 2.60. The molecule has 1 aromatic heterocycles. The van der Waals surface area contributed by atoms with E-state index in [9.17, 15) is 4.79 Å². The Morgan fingerprint density at radius 3 is 2.79 bits per heavy atom. The molecule has 2 heterocycles. The fraction of sp³-hybridized carbons (Fsp3) is 0.692. The molecular weight excluding hydrogens is 244 g/mol. The summed E-state index contributed by atoms with van der Waals surface area (Å²) >= 11 is 0. The van der Waals surface area contributed by atoms with Gasteiger partial charge in [0.15, 0.2) is 0 Å². The Balaban J connectivity index is 2.13. The average Bonchev–Trinajstić information content (AvgIpc) is 2.69. The number of nitrogens with zero attached hydrogens (tertiary/aromatic N) is 2. The number of anilines is 1. The number of rotatable bonds is 4. The van der Waals surface area contributed by atoms with E-state index in [0.717, 1.165) is 37.3 Å². The van der Waals surface area contributed by atoms with E-state index < -0.39 is 5.41 Å². The van der Waals surface area contributed by atoms with E-state index >= 15 is 0 Å². The van der Waals surface area contributed by atoms with Crippen molar-refractivity contribution in [1.29, 1.82) is 0 Å². The summed E-state index contributed by atoms with van der Waals surface area (Å²) in [6.45, 7) is 4.05. The highest BCUT2D eigenvalue weighted by Crippen LogP contribution is 2.31. The van der Waals surface area contributed by atoms with Gasteiger partial charge >= 0.3 is 0 Å². The lowest BCUT2D eigenvalue weighted by atomic mass is 9.78. The topological polar surface area (TPSA) is 68.2 Å². The summed E-state index contributed by atoms with van der Waals surface area (Å²) in [6.07, 6.45) is 3.42. The van der Waals surface area contributed by atoms with Gasteiger partial charge in [0, 0.05) is 20.4 Å². The minimum absolute atomic E-state index is 0.0342. The highest BCUT2D eigenvalue weighted by molar-refractivity contribution is 5.95. The van der Waals surface area contributed by atoms with Gasteiger partial charge in [-0.05, 0) is 32.9 Å². The molecule has 0 atom stereocenters. The third-order valence-corrected chi connectivity index (χ3v) is 3.72. The molecule has 1 aliphatic rings. The van der Waals surface area contributed by atoms with Gasteiger partial charge in [0.25, 0.3) is 0 Å². The highest BCUT2D eigenvalue weighted by Gasteiger charge is 2.39. The Morgan fingerprint density at radius 2 is 2.26 bits per heavy atom. The van der Waals surface area contributed by atoms with Gasteiger partial charge in [-0.1, -0.05) is 0 Å². The van der Waals surface area contributed by atoms with Crippen molar-refractivity contribution < 1.29 is 9.53 Å². The van der Waals surface area contributed by atoms with Crippen LogP contribution in [0.4, 0.5) is 5.69 Å². The van der Waals surface area contributed by atoms with Gasteiger partial charge in [-0.25, -0.2) is 0 Å². The van der Waals surface area contributed by atoms with E-state index in [2.05, 4.69) is 15.7 Å². The summed E-state index contributed by atoms with van der Waals surface area (Å²) in [5.74, 6) is 0.0342. The number of nitrogens with one attached hydrogen (secondary N) is 2. The van der Waals surface area contributed by atoms with Crippen molar-refractivity contribution in [3.05, 3.63) is 11.9 Å². The van der Waals surface area contributed by atoms with Gasteiger partial charge in [0.1, 0.15) is 0 Å². The van der Waals surface area contributed by atoms with Crippen molar-refractivity contribution in [1.82, 2.24) is 15.1 Å². The number of ether oxygens (including phenoxy) is 1. The zero-order valence-corrected chi connectivity index (χ0v) is 11.8. The Kier molecular flexibility index (Phi) is 4.21. The van der Waals surface area contributed by atoms with Crippen LogP contribution in [0.3, 0.4) is 0 Å². The van der Waals surface area contributed by atoms with Crippen LogP contribution >= 0.6 is 0 Å². The third-order valence-electron chi connectivity index (χ3n) is 3.72. The van der Waals surface area contributed by atoms with Gasteiger partial charge in [0.2, 0.25) is 5.91 Å². The van der Waals surface area contributed by atoms with Crippen molar-refractivity contribution in [3.8, 4) is 0 Å². The smallest absolute Gasteiger partial charge is 0.233 e. The summed E-state index contributed by atoms with van der Waals surface area (Å²) in [5.41, 5.74) is 1.18. The quantitative estimate of drug-likeness (QED) is 0.841. The number of aromatic nitrogens is 2. The van der Waals surface area contributed by atoms with E-state index in [1.165, 1.54) is 0 Å². The van der Waals surface area contributed by atoms with Crippen LogP contribution in [0.25, 0.3) is 0 Å². The molecule has 1 aliphatic heterocycles. The molecule has 1 amide bonds. The summed E-state index contributed by atoms with van der Waals surface area (Å²) in [5, 5.41) is 10.5. The van der Waals surface area contributed by atoms with Crippen LogP contribution in [0.2, 0.25) is 0 Å². The molecule has 0 unspecified atom stereocenters. The summed E-state index contributed by atoms with van der Waals surface area (Å²) in [6, 6.07) is 0. The van der Waals surface area contributed by atoms with Gasteiger partial charge in [-0.3, -0.25) is 9.48 Å². The number of amides is 1. The maximum Gasteiger partial charge on any atom is 0.233 e. The van der Waals surface area contributed by atoms with E-state index in [1.54, 1.807) is 11.8 Å². The molecule has 1 fully saturated rings.